The van der Waals surface area contributed by atoms with Crippen LogP contribution < -0.4 is 4.74 Å². The second kappa shape index (κ2) is 13.4. The van der Waals surface area contributed by atoms with E-state index in [0.717, 1.165) is 0 Å². The minimum absolute atomic E-state index is 0.101. The number of thioether (sulfide) groups is 1. The van der Waals surface area contributed by atoms with Crippen LogP contribution in [-0.2, 0) is 15.2 Å². The van der Waals surface area contributed by atoms with Crippen LogP contribution in [0.5, 0.6) is 5.75 Å². The Hall–Kier alpha value is -3.48. The summed E-state index contributed by atoms with van der Waals surface area (Å²) in [5.41, 5.74) is 2.27. The number of aromatic nitrogens is 3. The topological polar surface area (TPSA) is 95.8 Å². The Bertz CT molecular complexity index is 1250. The number of halogens is 3. The van der Waals surface area contributed by atoms with Crippen molar-refractivity contribution in [3.05, 3.63) is 47.8 Å². The zero-order valence-electron chi connectivity index (χ0n) is 21.3. The lowest BCUT2D eigenvalue weighted by Gasteiger charge is -2.19. The van der Waals surface area contributed by atoms with Gasteiger partial charge in [0.15, 0.2) is 11.8 Å². The second-order valence-corrected chi connectivity index (χ2v) is 9.18. The maximum atomic E-state index is 13.4. The van der Waals surface area contributed by atoms with Gasteiger partial charge in [0.25, 0.3) is 0 Å². The van der Waals surface area contributed by atoms with Crippen LogP contribution in [0.25, 0.3) is 11.0 Å². The number of imidazole rings is 1. The van der Waals surface area contributed by atoms with Crippen LogP contribution in [0, 0.1) is 6.92 Å². The van der Waals surface area contributed by atoms with Crippen molar-refractivity contribution in [2.24, 2.45) is 0 Å². The van der Waals surface area contributed by atoms with E-state index in [1.165, 1.54) is 28.6 Å². The fraction of sp³-hybridized carbons (Fsp3) is 0.440. The van der Waals surface area contributed by atoms with Gasteiger partial charge in [-0.05, 0) is 44.9 Å². The number of unbranched alkanes of at least 4 members (excludes halogenated alkanes) is 1. The number of hydrogen-bond acceptors (Lipinski definition) is 8. The summed E-state index contributed by atoms with van der Waals surface area (Å²) in [4.78, 5) is 35.1. The summed E-state index contributed by atoms with van der Waals surface area (Å²) in [5, 5.41) is 0.427. The number of para-hydroxylation sites is 2. The third-order valence-corrected chi connectivity index (χ3v) is 6.36. The quantitative estimate of drug-likeness (QED) is 0.166. The van der Waals surface area contributed by atoms with Crippen molar-refractivity contribution in [2.75, 3.05) is 33.4 Å². The molecule has 0 atom stereocenters. The molecule has 0 unspecified atom stereocenters. The van der Waals surface area contributed by atoms with Gasteiger partial charge >= 0.3 is 18.4 Å². The summed E-state index contributed by atoms with van der Waals surface area (Å²) < 4.78 is 53.9. The summed E-state index contributed by atoms with van der Waals surface area (Å²) in [6.45, 7) is 2.78. The molecule has 206 valence electrons. The van der Waals surface area contributed by atoms with Crippen molar-refractivity contribution in [2.45, 2.75) is 43.8 Å². The predicted octanol–water partition coefficient (Wildman–Crippen LogP) is 5.83. The molecule has 2 heterocycles. The average molecular weight is 555 g/mol. The van der Waals surface area contributed by atoms with Gasteiger partial charge in [-0.1, -0.05) is 23.9 Å². The number of amides is 1. The van der Waals surface area contributed by atoms with E-state index in [-0.39, 0.29) is 30.7 Å². The van der Waals surface area contributed by atoms with Gasteiger partial charge in [0, 0.05) is 31.1 Å². The van der Waals surface area contributed by atoms with E-state index in [4.69, 9.17) is 14.2 Å². The number of benzene rings is 1. The largest absolute Gasteiger partial charge is 0.508 e. The second-order valence-electron chi connectivity index (χ2n) is 8.23. The van der Waals surface area contributed by atoms with Crippen molar-refractivity contribution >= 4 is 35.0 Å². The van der Waals surface area contributed by atoms with Gasteiger partial charge in [-0.2, -0.15) is 13.2 Å². The fourth-order valence-corrected chi connectivity index (χ4v) is 4.50. The van der Waals surface area contributed by atoms with E-state index in [9.17, 15) is 22.8 Å². The number of rotatable bonds is 11. The minimum Gasteiger partial charge on any atom is -0.484 e. The molecule has 0 aliphatic carbocycles. The molecule has 0 bridgehead atoms. The Morgan fingerprint density at radius 3 is 2.63 bits per heavy atom. The lowest BCUT2D eigenvalue weighted by atomic mass is 10.2. The monoisotopic (exact) mass is 554 g/mol. The van der Waals surface area contributed by atoms with Crippen molar-refractivity contribution < 1.29 is 37.0 Å². The van der Waals surface area contributed by atoms with Gasteiger partial charge < -0.3 is 19.1 Å². The molecule has 0 N–H and O–H groups in total. The maximum absolute atomic E-state index is 13.4. The van der Waals surface area contributed by atoms with Crippen LogP contribution in [0.4, 0.5) is 22.8 Å². The van der Waals surface area contributed by atoms with Crippen LogP contribution in [0.15, 0.2) is 41.7 Å². The highest BCUT2D eigenvalue weighted by Gasteiger charge is 2.29. The third kappa shape index (κ3) is 8.01. The Morgan fingerprint density at radius 1 is 1.13 bits per heavy atom. The highest BCUT2D eigenvalue weighted by molar-refractivity contribution is 7.98. The van der Waals surface area contributed by atoms with Crippen LogP contribution in [0.3, 0.4) is 0 Å². The van der Waals surface area contributed by atoms with Gasteiger partial charge in [0.1, 0.15) is 5.75 Å². The minimum atomic E-state index is -4.45. The number of fused-ring (bicyclic) bond motifs is 1. The lowest BCUT2D eigenvalue weighted by molar-refractivity contribution is -0.153. The van der Waals surface area contributed by atoms with Crippen LogP contribution >= 0.6 is 11.8 Å². The van der Waals surface area contributed by atoms with Gasteiger partial charge in [0.05, 0.1) is 29.9 Å². The van der Waals surface area contributed by atoms with E-state index in [2.05, 4.69) is 9.97 Å². The van der Waals surface area contributed by atoms with Crippen molar-refractivity contribution in [1.29, 1.82) is 0 Å². The number of ether oxygens (including phenoxy) is 3. The highest BCUT2D eigenvalue weighted by atomic mass is 32.2. The smallest absolute Gasteiger partial charge is 0.484 e. The Labute approximate surface area is 222 Å². The van der Waals surface area contributed by atoms with Gasteiger partial charge in [0.2, 0.25) is 0 Å². The highest BCUT2D eigenvalue weighted by Crippen LogP contribution is 2.30. The molecule has 0 saturated carbocycles. The summed E-state index contributed by atoms with van der Waals surface area (Å²) in [5.74, 6) is 0.366. The molecule has 13 heteroatoms. The first kappa shape index (κ1) is 29.1. The van der Waals surface area contributed by atoms with Crippen molar-refractivity contribution in [3.63, 3.8) is 0 Å². The fourth-order valence-electron chi connectivity index (χ4n) is 3.47. The van der Waals surface area contributed by atoms with Crippen LogP contribution in [0.1, 0.15) is 31.0 Å². The zero-order valence-corrected chi connectivity index (χ0v) is 22.1. The summed E-state index contributed by atoms with van der Waals surface area (Å²) in [6, 6.07) is 8.31. The number of carbonyl (C=O) groups is 2. The normalized spacial score (nSPS) is 11.4. The SMILES string of the molecule is CCOC(=O)OCCCCN(C)C(=O)n1c(SCc2nccc(OCC(F)(F)F)c2C)nc2ccccc21. The summed E-state index contributed by atoms with van der Waals surface area (Å²) in [7, 11) is 1.67. The lowest BCUT2D eigenvalue weighted by Crippen LogP contribution is -2.32. The van der Waals surface area contributed by atoms with E-state index in [1.807, 2.05) is 12.1 Å². The van der Waals surface area contributed by atoms with Gasteiger partial charge in [-0.3, -0.25) is 4.98 Å². The number of pyridine rings is 1. The third-order valence-electron chi connectivity index (χ3n) is 5.41. The standard InChI is InChI=1S/C25H29F3N4O5S/c1-4-35-24(34)36-14-8-7-13-31(3)23(33)32-20-10-6-5-9-18(20)30-22(32)38-15-19-17(2)21(11-12-29-19)37-16-25(26,27)28/h5-6,9-12H,4,7-8,13-16H2,1-3H3. The van der Waals surface area contributed by atoms with Crippen molar-refractivity contribution in [3.8, 4) is 5.75 Å². The summed E-state index contributed by atoms with van der Waals surface area (Å²) >= 11 is 1.25. The molecule has 2 aromatic heterocycles. The molecule has 1 amide bonds. The molecule has 0 radical (unpaired) electrons. The molecule has 0 aliphatic heterocycles. The average Bonchev–Trinajstić information content (AvgIpc) is 3.24. The molecule has 0 aliphatic rings. The first-order valence-corrected chi connectivity index (χ1v) is 12.9. The van der Waals surface area contributed by atoms with E-state index < -0.39 is 18.9 Å². The predicted molar refractivity (Wildman–Crippen MR) is 135 cm³/mol. The molecule has 3 aromatic rings. The summed E-state index contributed by atoms with van der Waals surface area (Å²) in [6.07, 6.45) is -2.62. The maximum Gasteiger partial charge on any atom is 0.508 e. The molecule has 0 saturated heterocycles. The van der Waals surface area contributed by atoms with Crippen molar-refractivity contribution in [1.82, 2.24) is 19.4 Å². The first-order chi connectivity index (χ1) is 18.1. The van der Waals surface area contributed by atoms with E-state index in [0.29, 0.717) is 46.8 Å². The molecular weight excluding hydrogens is 525 g/mol. The number of carbonyl (C=O) groups excluding carboxylic acids is 2. The molecule has 3 rings (SSSR count). The van der Waals surface area contributed by atoms with Crippen LogP contribution in [-0.4, -0.2) is 71.2 Å². The van der Waals surface area contributed by atoms with E-state index in [1.54, 1.807) is 37.9 Å². The molecule has 0 spiro atoms. The molecule has 1 aromatic carbocycles. The first-order valence-electron chi connectivity index (χ1n) is 11.9. The number of alkyl halides is 3. The number of hydrogen-bond donors (Lipinski definition) is 0. The number of nitrogens with zero attached hydrogens (tertiary/aromatic N) is 4. The van der Waals surface area contributed by atoms with Crippen LogP contribution in [0.2, 0.25) is 0 Å². The van der Waals surface area contributed by atoms with E-state index >= 15 is 0 Å². The molecule has 38 heavy (non-hydrogen) atoms. The molecule has 9 nitrogen and oxygen atoms in total. The molecule has 0 fully saturated rings. The molecular formula is C25H29F3N4O5S. The Kier molecular flexibility index (Phi) is 10.2. The Morgan fingerprint density at radius 2 is 1.89 bits per heavy atom. The zero-order chi connectivity index (χ0) is 27.7. The van der Waals surface area contributed by atoms with Gasteiger partial charge in [-0.15, -0.1) is 0 Å². The van der Waals surface area contributed by atoms with Gasteiger partial charge in [-0.25, -0.2) is 19.1 Å². The Balaban J connectivity index is 1.69.